The summed E-state index contributed by atoms with van der Waals surface area (Å²) in [7, 11) is -3.66. The average Bonchev–Trinajstić information content (AvgIpc) is 3.37. The summed E-state index contributed by atoms with van der Waals surface area (Å²) in [4.78, 5) is 27.1. The first-order valence-electron chi connectivity index (χ1n) is 10.1. The van der Waals surface area contributed by atoms with Gasteiger partial charge in [0.25, 0.3) is 0 Å². The molecular weight excluding hydrogens is 452 g/mol. The molecule has 1 saturated heterocycles. The summed E-state index contributed by atoms with van der Waals surface area (Å²) in [5, 5.41) is 10.1. The van der Waals surface area contributed by atoms with Gasteiger partial charge in [0.15, 0.2) is 0 Å². The van der Waals surface area contributed by atoms with Crippen LogP contribution in [0.5, 0.6) is 0 Å². The summed E-state index contributed by atoms with van der Waals surface area (Å²) >= 11 is 1.34. The van der Waals surface area contributed by atoms with Crippen molar-refractivity contribution in [2.75, 3.05) is 26.2 Å². The maximum absolute atomic E-state index is 13.2. The number of thiophene rings is 1. The quantitative estimate of drug-likeness (QED) is 0.542. The lowest BCUT2D eigenvalue weighted by molar-refractivity contribution is -0.133. The Kier molecular flexibility index (Phi) is 6.01. The number of aryl methyl sites for hydroxylation is 3. The van der Waals surface area contributed by atoms with Crippen molar-refractivity contribution in [1.82, 2.24) is 29.0 Å². The van der Waals surface area contributed by atoms with Crippen LogP contribution >= 0.6 is 11.3 Å². The highest BCUT2D eigenvalue weighted by Gasteiger charge is 2.32. The third-order valence-corrected chi connectivity index (χ3v) is 8.48. The lowest BCUT2D eigenvalue weighted by Gasteiger charge is -2.34. The zero-order valence-corrected chi connectivity index (χ0v) is 19.7. The van der Waals surface area contributed by atoms with Crippen molar-refractivity contribution >= 4 is 27.3 Å². The molecule has 1 aliphatic rings. The normalized spacial score (nSPS) is 15.3. The third-order valence-electron chi connectivity index (χ3n) is 5.43. The van der Waals surface area contributed by atoms with E-state index in [4.69, 9.17) is 0 Å². The Morgan fingerprint density at radius 3 is 2.31 bits per heavy atom. The Morgan fingerprint density at radius 1 is 1.06 bits per heavy atom. The molecule has 32 heavy (non-hydrogen) atoms. The monoisotopic (exact) mass is 476 g/mol. The predicted octanol–water partition coefficient (Wildman–Crippen LogP) is 0.949. The van der Waals surface area contributed by atoms with Crippen molar-refractivity contribution in [3.8, 4) is 5.00 Å². The molecule has 0 saturated carbocycles. The molecule has 0 atom stereocenters. The molecule has 3 aromatic rings. The number of benzene rings is 1. The number of tetrazole rings is 1. The zero-order chi connectivity index (χ0) is 23.0. The summed E-state index contributed by atoms with van der Waals surface area (Å²) in [5.41, 5.74) is 1.95. The van der Waals surface area contributed by atoms with Gasteiger partial charge in [0.1, 0.15) is 11.5 Å². The van der Waals surface area contributed by atoms with Gasteiger partial charge in [-0.3, -0.25) is 4.79 Å². The van der Waals surface area contributed by atoms with Crippen molar-refractivity contribution < 1.29 is 13.2 Å². The van der Waals surface area contributed by atoms with E-state index >= 15 is 0 Å². The Morgan fingerprint density at radius 2 is 1.72 bits per heavy atom. The van der Waals surface area contributed by atoms with E-state index in [1.54, 1.807) is 30.9 Å². The number of piperazine rings is 1. The maximum Gasteiger partial charge on any atom is 0.369 e. The van der Waals surface area contributed by atoms with E-state index < -0.39 is 15.7 Å². The predicted molar refractivity (Wildman–Crippen MR) is 119 cm³/mol. The number of nitrogens with zero attached hydrogens (tertiary/aromatic N) is 6. The second-order valence-corrected chi connectivity index (χ2v) is 10.6. The lowest BCUT2D eigenvalue weighted by Crippen LogP contribution is -2.51. The van der Waals surface area contributed by atoms with Crippen molar-refractivity contribution in [2.45, 2.75) is 32.2 Å². The van der Waals surface area contributed by atoms with E-state index in [1.807, 2.05) is 24.4 Å². The second kappa shape index (κ2) is 8.60. The van der Waals surface area contributed by atoms with Crippen LogP contribution in [0.4, 0.5) is 0 Å². The highest BCUT2D eigenvalue weighted by Crippen LogP contribution is 2.26. The molecule has 0 bridgehead atoms. The Hall–Kier alpha value is -2.83. The Balaban J connectivity index is 1.43. The SMILES string of the molecule is Cc1cc(C)c(S(=O)(=O)N2CCN(C(=O)Cn3nnn(-c4cccs4)c3=O)CC2)c(C)c1. The second-order valence-electron chi connectivity index (χ2n) is 7.79. The standard InChI is InChI=1S/C20H24N6O4S2/c1-14-11-15(2)19(16(3)12-14)32(29,30)24-8-6-23(7-9-24)17(27)13-25-20(28)26(22-21-25)18-5-4-10-31-18/h4-5,10-12H,6-9,13H2,1-3H3. The molecule has 3 heterocycles. The van der Waals surface area contributed by atoms with E-state index in [2.05, 4.69) is 10.4 Å². The van der Waals surface area contributed by atoms with Gasteiger partial charge >= 0.3 is 5.69 Å². The number of hydrogen-bond donors (Lipinski definition) is 0. The van der Waals surface area contributed by atoms with Gasteiger partial charge in [-0.05, 0) is 59.8 Å². The minimum atomic E-state index is -3.66. The van der Waals surface area contributed by atoms with Crippen LogP contribution < -0.4 is 5.69 Å². The Labute approximate surface area is 189 Å². The lowest BCUT2D eigenvalue weighted by atomic mass is 10.1. The number of carbonyl (C=O) groups excluding carboxylic acids is 1. The van der Waals surface area contributed by atoms with Crippen LogP contribution in [0.3, 0.4) is 0 Å². The highest BCUT2D eigenvalue weighted by atomic mass is 32.2. The molecule has 170 valence electrons. The first-order valence-corrected chi connectivity index (χ1v) is 12.4. The maximum atomic E-state index is 13.2. The van der Waals surface area contributed by atoms with Crippen LogP contribution in [0, 0.1) is 20.8 Å². The highest BCUT2D eigenvalue weighted by molar-refractivity contribution is 7.89. The molecule has 12 heteroatoms. The molecule has 1 aromatic carbocycles. The number of aromatic nitrogens is 4. The third kappa shape index (κ3) is 4.12. The molecular formula is C20H24N6O4S2. The van der Waals surface area contributed by atoms with Gasteiger partial charge in [-0.2, -0.15) is 13.7 Å². The molecule has 10 nitrogen and oxygen atoms in total. The van der Waals surface area contributed by atoms with E-state index in [0.29, 0.717) is 21.0 Å². The minimum absolute atomic E-state index is 0.192. The van der Waals surface area contributed by atoms with Gasteiger partial charge in [0.05, 0.1) is 4.90 Å². The van der Waals surface area contributed by atoms with E-state index in [-0.39, 0.29) is 38.6 Å². The number of hydrogen-bond acceptors (Lipinski definition) is 7. The van der Waals surface area contributed by atoms with Gasteiger partial charge in [-0.1, -0.05) is 17.7 Å². The van der Waals surface area contributed by atoms with Gasteiger partial charge in [-0.15, -0.1) is 11.3 Å². The van der Waals surface area contributed by atoms with Crippen molar-refractivity contribution in [1.29, 1.82) is 0 Å². The first kappa shape index (κ1) is 22.4. The van der Waals surface area contributed by atoms with E-state index in [9.17, 15) is 18.0 Å². The van der Waals surface area contributed by atoms with Crippen LogP contribution in [0.25, 0.3) is 5.00 Å². The van der Waals surface area contributed by atoms with Gasteiger partial charge in [-0.25, -0.2) is 13.2 Å². The fraction of sp³-hybridized carbons (Fsp3) is 0.400. The minimum Gasteiger partial charge on any atom is -0.338 e. The van der Waals surface area contributed by atoms with Crippen molar-refractivity contribution in [3.05, 3.63) is 56.8 Å². The number of rotatable bonds is 5. The number of amides is 1. The number of sulfonamides is 1. The number of carbonyl (C=O) groups is 1. The van der Waals surface area contributed by atoms with Crippen LogP contribution in [-0.4, -0.2) is 69.5 Å². The molecule has 1 aliphatic heterocycles. The molecule has 0 radical (unpaired) electrons. The summed E-state index contributed by atoms with van der Waals surface area (Å²) < 4.78 is 30.0. The largest absolute Gasteiger partial charge is 0.369 e. The van der Waals surface area contributed by atoms with Crippen LogP contribution in [0.2, 0.25) is 0 Å². The molecule has 0 N–H and O–H groups in total. The fourth-order valence-electron chi connectivity index (χ4n) is 4.01. The van der Waals surface area contributed by atoms with Gasteiger partial charge in [0.2, 0.25) is 15.9 Å². The molecule has 0 aliphatic carbocycles. The van der Waals surface area contributed by atoms with Crippen LogP contribution in [-0.2, 0) is 21.4 Å². The van der Waals surface area contributed by atoms with Gasteiger partial charge in [0, 0.05) is 26.2 Å². The smallest absolute Gasteiger partial charge is 0.338 e. The van der Waals surface area contributed by atoms with Crippen molar-refractivity contribution in [3.63, 3.8) is 0 Å². The molecule has 4 rings (SSSR count). The molecule has 0 unspecified atom stereocenters. The van der Waals surface area contributed by atoms with E-state index in [0.717, 1.165) is 14.9 Å². The average molecular weight is 477 g/mol. The molecule has 1 fully saturated rings. The van der Waals surface area contributed by atoms with Crippen LogP contribution in [0.1, 0.15) is 16.7 Å². The summed E-state index contributed by atoms with van der Waals surface area (Å²) in [6.07, 6.45) is 0. The Bertz CT molecular complexity index is 1280. The molecule has 2 aromatic heterocycles. The summed E-state index contributed by atoms with van der Waals surface area (Å²) in [6, 6.07) is 7.26. The van der Waals surface area contributed by atoms with Crippen molar-refractivity contribution in [2.24, 2.45) is 0 Å². The fourth-order valence-corrected chi connectivity index (χ4v) is 6.51. The molecule has 0 spiro atoms. The van der Waals surface area contributed by atoms with Gasteiger partial charge < -0.3 is 4.90 Å². The first-order chi connectivity index (χ1) is 15.2. The van der Waals surface area contributed by atoms with E-state index in [1.165, 1.54) is 15.6 Å². The summed E-state index contributed by atoms with van der Waals surface area (Å²) in [5.74, 6) is -0.301. The molecule has 1 amide bonds. The zero-order valence-electron chi connectivity index (χ0n) is 18.1. The topological polar surface area (TPSA) is 110 Å². The van der Waals surface area contributed by atoms with Crippen LogP contribution in [0.15, 0.2) is 39.3 Å². The summed E-state index contributed by atoms with van der Waals surface area (Å²) in [6.45, 7) is 6.17.